The maximum atomic E-state index is 12.0. The molecule has 7 nitrogen and oxygen atoms in total. The highest BCUT2D eigenvalue weighted by atomic mass is 16.2. The van der Waals surface area contributed by atoms with Crippen LogP contribution in [0.15, 0.2) is 24.7 Å². The van der Waals surface area contributed by atoms with E-state index in [1.54, 1.807) is 19.2 Å². The lowest BCUT2D eigenvalue weighted by molar-refractivity contribution is 0.0781. The van der Waals surface area contributed by atoms with E-state index < -0.39 is 0 Å². The zero-order valence-electron chi connectivity index (χ0n) is 9.29. The van der Waals surface area contributed by atoms with Crippen molar-refractivity contribution in [3.8, 4) is 0 Å². The quantitative estimate of drug-likeness (QED) is 0.778. The summed E-state index contributed by atoms with van der Waals surface area (Å²) in [5.74, 6) is 0.873. The van der Waals surface area contributed by atoms with Gasteiger partial charge in [-0.15, -0.1) is 0 Å². The first kappa shape index (κ1) is 11.1. The van der Waals surface area contributed by atoms with Crippen LogP contribution in [-0.2, 0) is 6.54 Å². The summed E-state index contributed by atoms with van der Waals surface area (Å²) < 4.78 is 0. The Morgan fingerprint density at radius 3 is 2.88 bits per heavy atom. The summed E-state index contributed by atoms with van der Waals surface area (Å²) in [5, 5.41) is 6.41. The van der Waals surface area contributed by atoms with Crippen LogP contribution in [0.3, 0.4) is 0 Å². The molecule has 0 spiro atoms. The van der Waals surface area contributed by atoms with Crippen molar-refractivity contribution in [3.63, 3.8) is 0 Å². The van der Waals surface area contributed by atoms with E-state index in [2.05, 4.69) is 20.2 Å². The van der Waals surface area contributed by atoms with Crippen molar-refractivity contribution < 1.29 is 4.79 Å². The van der Waals surface area contributed by atoms with Gasteiger partial charge in [0, 0.05) is 13.2 Å². The number of pyridine rings is 1. The minimum atomic E-state index is -0.145. The molecule has 0 unspecified atom stereocenters. The first-order chi connectivity index (χ1) is 8.16. The van der Waals surface area contributed by atoms with Crippen LogP contribution in [-0.4, -0.2) is 38.0 Å². The lowest BCUT2D eigenvalue weighted by Crippen LogP contribution is -2.26. The van der Waals surface area contributed by atoms with Gasteiger partial charge in [-0.1, -0.05) is 0 Å². The summed E-state index contributed by atoms with van der Waals surface area (Å²) in [6, 6.07) is 3.23. The second-order valence-corrected chi connectivity index (χ2v) is 3.57. The number of nitrogens with one attached hydrogen (secondary N) is 1. The molecule has 2 aromatic rings. The molecule has 88 valence electrons. The molecule has 0 aliphatic heterocycles. The Hall–Kier alpha value is -2.44. The van der Waals surface area contributed by atoms with Gasteiger partial charge >= 0.3 is 0 Å². The number of carbonyl (C=O) groups excluding carboxylic acids is 1. The zero-order chi connectivity index (χ0) is 12.3. The smallest absolute Gasteiger partial charge is 0.255 e. The number of nitrogens with zero attached hydrogens (tertiary/aromatic N) is 4. The molecule has 2 rings (SSSR count). The van der Waals surface area contributed by atoms with E-state index in [1.807, 2.05) is 0 Å². The van der Waals surface area contributed by atoms with E-state index in [1.165, 1.54) is 17.4 Å². The Kier molecular flexibility index (Phi) is 2.99. The van der Waals surface area contributed by atoms with E-state index >= 15 is 0 Å². The molecule has 0 aromatic carbocycles. The van der Waals surface area contributed by atoms with Crippen LogP contribution in [0.4, 0.5) is 5.82 Å². The van der Waals surface area contributed by atoms with Gasteiger partial charge in [0.2, 0.25) is 0 Å². The second-order valence-electron chi connectivity index (χ2n) is 3.57. The molecule has 0 aliphatic carbocycles. The largest absolute Gasteiger partial charge is 0.384 e. The van der Waals surface area contributed by atoms with E-state index in [4.69, 9.17) is 5.73 Å². The van der Waals surface area contributed by atoms with Gasteiger partial charge in [-0.2, -0.15) is 5.10 Å². The normalized spacial score (nSPS) is 10.2. The monoisotopic (exact) mass is 232 g/mol. The van der Waals surface area contributed by atoms with Crippen molar-refractivity contribution in [3.05, 3.63) is 36.0 Å². The summed E-state index contributed by atoms with van der Waals surface area (Å²) in [4.78, 5) is 21.3. The van der Waals surface area contributed by atoms with Crippen molar-refractivity contribution in [1.82, 2.24) is 25.1 Å². The van der Waals surface area contributed by atoms with E-state index in [0.29, 0.717) is 23.8 Å². The fourth-order valence-electron chi connectivity index (χ4n) is 1.36. The molecular weight excluding hydrogens is 220 g/mol. The van der Waals surface area contributed by atoms with Crippen LogP contribution in [0.1, 0.15) is 16.2 Å². The standard InChI is InChI=1S/C10H12N6O/c1-16(5-9-13-6-14-15-9)10(17)7-2-3-8(11)12-4-7/h2-4,6H,5H2,1H3,(H2,11,12)(H,13,14,15). The Morgan fingerprint density at radius 2 is 2.29 bits per heavy atom. The van der Waals surface area contributed by atoms with Gasteiger partial charge in [0.05, 0.1) is 12.1 Å². The van der Waals surface area contributed by atoms with Crippen molar-refractivity contribution in [2.45, 2.75) is 6.54 Å². The van der Waals surface area contributed by atoms with Gasteiger partial charge in [-0.25, -0.2) is 9.97 Å². The minimum absolute atomic E-state index is 0.145. The zero-order valence-corrected chi connectivity index (χ0v) is 9.29. The summed E-state index contributed by atoms with van der Waals surface area (Å²) in [6.07, 6.45) is 2.85. The van der Waals surface area contributed by atoms with Gasteiger partial charge in [0.15, 0.2) is 0 Å². The molecule has 0 radical (unpaired) electrons. The number of hydrogen-bond donors (Lipinski definition) is 2. The molecule has 3 N–H and O–H groups in total. The van der Waals surface area contributed by atoms with Gasteiger partial charge < -0.3 is 10.6 Å². The van der Waals surface area contributed by atoms with Crippen molar-refractivity contribution in [2.75, 3.05) is 12.8 Å². The Morgan fingerprint density at radius 1 is 1.47 bits per heavy atom. The second kappa shape index (κ2) is 4.60. The topological polar surface area (TPSA) is 101 Å². The Balaban J connectivity index is 2.07. The van der Waals surface area contributed by atoms with Crippen LogP contribution in [0.5, 0.6) is 0 Å². The van der Waals surface area contributed by atoms with Crippen molar-refractivity contribution in [2.24, 2.45) is 0 Å². The molecule has 7 heteroatoms. The predicted molar refractivity (Wildman–Crippen MR) is 60.8 cm³/mol. The summed E-state index contributed by atoms with van der Waals surface area (Å²) in [5.41, 5.74) is 5.94. The number of nitrogen functional groups attached to an aromatic ring is 1. The average molecular weight is 232 g/mol. The summed E-state index contributed by atoms with van der Waals surface area (Å²) >= 11 is 0. The third-order valence-electron chi connectivity index (χ3n) is 2.23. The molecule has 0 saturated carbocycles. The Labute approximate surface area is 97.7 Å². The summed E-state index contributed by atoms with van der Waals surface area (Å²) in [7, 11) is 1.68. The Bertz CT molecular complexity index is 492. The highest BCUT2D eigenvalue weighted by Gasteiger charge is 2.13. The average Bonchev–Trinajstić information content (AvgIpc) is 2.82. The number of amides is 1. The predicted octanol–water partition coefficient (Wildman–Crippen LogP) is 0.0541. The third-order valence-corrected chi connectivity index (χ3v) is 2.23. The maximum absolute atomic E-state index is 12.0. The van der Waals surface area contributed by atoms with Crippen LogP contribution < -0.4 is 5.73 Å². The SMILES string of the molecule is CN(Cc1ncn[nH]1)C(=O)c1ccc(N)nc1. The number of H-pyrrole nitrogens is 1. The van der Waals surface area contributed by atoms with Crippen molar-refractivity contribution >= 4 is 11.7 Å². The maximum Gasteiger partial charge on any atom is 0.255 e. The lowest BCUT2D eigenvalue weighted by atomic mass is 10.2. The number of aromatic amines is 1. The van der Waals surface area contributed by atoms with Crippen LogP contribution in [0, 0.1) is 0 Å². The van der Waals surface area contributed by atoms with Crippen LogP contribution in [0.25, 0.3) is 0 Å². The summed E-state index contributed by atoms with van der Waals surface area (Å²) in [6.45, 7) is 0.364. The highest BCUT2D eigenvalue weighted by Crippen LogP contribution is 2.06. The number of nitrogens with two attached hydrogens (primary N) is 1. The van der Waals surface area contributed by atoms with Crippen molar-refractivity contribution in [1.29, 1.82) is 0 Å². The first-order valence-corrected chi connectivity index (χ1v) is 4.98. The van der Waals surface area contributed by atoms with E-state index in [9.17, 15) is 4.79 Å². The van der Waals surface area contributed by atoms with E-state index in [0.717, 1.165) is 0 Å². The molecule has 1 amide bonds. The highest BCUT2D eigenvalue weighted by molar-refractivity contribution is 5.93. The minimum Gasteiger partial charge on any atom is -0.384 e. The van der Waals surface area contributed by atoms with Crippen LogP contribution in [0.2, 0.25) is 0 Å². The lowest BCUT2D eigenvalue weighted by Gasteiger charge is -2.15. The molecule has 17 heavy (non-hydrogen) atoms. The molecule has 0 aliphatic rings. The van der Waals surface area contributed by atoms with Gasteiger partial charge in [0.25, 0.3) is 5.91 Å². The number of aromatic nitrogens is 4. The molecule has 2 heterocycles. The first-order valence-electron chi connectivity index (χ1n) is 4.98. The number of hydrogen-bond acceptors (Lipinski definition) is 5. The van der Waals surface area contributed by atoms with Gasteiger partial charge in [0.1, 0.15) is 18.0 Å². The third kappa shape index (κ3) is 2.57. The fraction of sp³-hybridized carbons (Fsp3) is 0.200. The molecule has 0 fully saturated rings. The fourth-order valence-corrected chi connectivity index (χ4v) is 1.36. The number of anilines is 1. The molecule has 0 atom stereocenters. The molecule has 0 saturated heterocycles. The van der Waals surface area contributed by atoms with Gasteiger partial charge in [-0.05, 0) is 12.1 Å². The van der Waals surface area contributed by atoms with Gasteiger partial charge in [-0.3, -0.25) is 9.89 Å². The molecular formula is C10H12N6O. The molecule has 0 bridgehead atoms. The van der Waals surface area contributed by atoms with Crippen LogP contribution >= 0.6 is 0 Å². The molecule has 2 aromatic heterocycles. The number of carbonyl (C=O) groups is 1. The number of rotatable bonds is 3. The van der Waals surface area contributed by atoms with E-state index in [-0.39, 0.29) is 5.91 Å².